The Kier molecular flexibility index (Phi) is 7.78. The first kappa shape index (κ1) is 23.9. The fraction of sp³-hybridized carbons (Fsp3) is 0.150. The van der Waals surface area contributed by atoms with Gasteiger partial charge in [0.25, 0.3) is 15.9 Å². The molecular weight excluding hydrogens is 446 g/mol. The maximum atomic E-state index is 13.2. The van der Waals surface area contributed by atoms with Gasteiger partial charge >= 0.3 is 12.0 Å². The molecule has 1 atom stereocenters. The number of esters is 1. The number of imide groups is 1. The van der Waals surface area contributed by atoms with Crippen molar-refractivity contribution in [2.45, 2.75) is 17.9 Å². The first-order chi connectivity index (χ1) is 14.6. The molecule has 2 rings (SSSR count). The summed E-state index contributed by atoms with van der Waals surface area (Å²) in [5, 5.41) is 2.23. The fourth-order valence-electron chi connectivity index (χ4n) is 2.48. The molecule has 0 spiro atoms. The molecule has 0 aliphatic heterocycles. The number of carbonyl (C=O) groups excluding carboxylic acids is 3. The summed E-state index contributed by atoms with van der Waals surface area (Å²) in [6.07, 6.45) is 0.0927. The zero-order valence-electron chi connectivity index (χ0n) is 16.4. The highest BCUT2D eigenvalue weighted by atomic mass is 35.5. The van der Waals surface area contributed by atoms with E-state index in [0.717, 1.165) is 10.4 Å². The number of sulfonamides is 1. The molecule has 2 aromatic rings. The van der Waals surface area contributed by atoms with Crippen molar-refractivity contribution in [3.8, 4) is 0 Å². The Morgan fingerprint density at radius 3 is 2.45 bits per heavy atom. The molecule has 0 aromatic heterocycles. The van der Waals surface area contributed by atoms with Gasteiger partial charge in [-0.25, -0.2) is 18.0 Å². The molecule has 0 aliphatic rings. The summed E-state index contributed by atoms with van der Waals surface area (Å²) in [7, 11) is -4.08. The molecule has 9 nitrogen and oxygen atoms in total. The summed E-state index contributed by atoms with van der Waals surface area (Å²) in [6.45, 7) is 4.80. The number of primary amides is 1. The molecule has 31 heavy (non-hydrogen) atoms. The van der Waals surface area contributed by atoms with Crippen LogP contribution in [-0.4, -0.2) is 39.0 Å². The smallest absolute Gasteiger partial charge is 0.338 e. The largest absolute Gasteiger partial charge is 0.449 e. The Morgan fingerprint density at radius 1 is 1.23 bits per heavy atom. The number of halogens is 1. The number of ether oxygens (including phenoxy) is 1. The number of rotatable bonds is 8. The van der Waals surface area contributed by atoms with Gasteiger partial charge in [0.05, 0.1) is 22.7 Å². The van der Waals surface area contributed by atoms with Crippen LogP contribution in [0.5, 0.6) is 0 Å². The molecule has 0 fully saturated rings. The van der Waals surface area contributed by atoms with E-state index in [1.54, 1.807) is 29.6 Å². The van der Waals surface area contributed by atoms with Crippen molar-refractivity contribution >= 4 is 45.2 Å². The van der Waals surface area contributed by atoms with Crippen molar-refractivity contribution in [3.63, 3.8) is 0 Å². The van der Waals surface area contributed by atoms with Gasteiger partial charge in [0.2, 0.25) is 0 Å². The maximum absolute atomic E-state index is 13.2. The number of carbonyl (C=O) groups is 3. The molecule has 3 N–H and O–H groups in total. The van der Waals surface area contributed by atoms with E-state index in [4.69, 9.17) is 22.1 Å². The lowest BCUT2D eigenvalue weighted by Gasteiger charge is -2.23. The van der Waals surface area contributed by atoms with Crippen LogP contribution in [0.15, 0.2) is 66.1 Å². The van der Waals surface area contributed by atoms with Gasteiger partial charge in [-0.3, -0.25) is 14.4 Å². The summed E-state index contributed by atoms with van der Waals surface area (Å²) >= 11 is 5.88. The number of benzene rings is 2. The zero-order valence-corrected chi connectivity index (χ0v) is 18.0. The number of hydrogen-bond donors (Lipinski definition) is 2. The summed E-state index contributed by atoms with van der Waals surface area (Å²) < 4.78 is 32.5. The highest BCUT2D eigenvalue weighted by molar-refractivity contribution is 7.92. The van der Waals surface area contributed by atoms with Crippen LogP contribution in [0.1, 0.15) is 17.3 Å². The topological polar surface area (TPSA) is 136 Å². The fourth-order valence-corrected chi connectivity index (χ4v) is 4.09. The van der Waals surface area contributed by atoms with Gasteiger partial charge in [-0.15, -0.1) is 6.58 Å². The van der Waals surface area contributed by atoms with E-state index in [9.17, 15) is 22.8 Å². The normalized spacial score (nSPS) is 11.8. The zero-order chi connectivity index (χ0) is 23.2. The molecule has 0 radical (unpaired) electrons. The second-order valence-electron chi connectivity index (χ2n) is 6.23. The minimum absolute atomic E-state index is 0.0248. The summed E-state index contributed by atoms with van der Waals surface area (Å²) in [6, 6.07) is 10.2. The Labute approximate surface area is 184 Å². The van der Waals surface area contributed by atoms with Crippen LogP contribution in [0.25, 0.3) is 0 Å². The van der Waals surface area contributed by atoms with Gasteiger partial charge in [-0.05, 0) is 49.4 Å². The molecule has 2 aromatic carbocycles. The lowest BCUT2D eigenvalue weighted by molar-refractivity contribution is -0.127. The molecule has 0 bridgehead atoms. The predicted molar refractivity (Wildman–Crippen MR) is 115 cm³/mol. The van der Waals surface area contributed by atoms with E-state index >= 15 is 0 Å². The van der Waals surface area contributed by atoms with Crippen LogP contribution in [0.3, 0.4) is 0 Å². The van der Waals surface area contributed by atoms with E-state index in [2.05, 4.69) is 6.58 Å². The van der Waals surface area contributed by atoms with E-state index in [0.29, 0.717) is 10.7 Å². The first-order valence-corrected chi connectivity index (χ1v) is 10.7. The average Bonchev–Trinajstić information content (AvgIpc) is 2.72. The van der Waals surface area contributed by atoms with Crippen LogP contribution in [0, 0.1) is 0 Å². The lowest BCUT2D eigenvalue weighted by atomic mass is 10.2. The van der Waals surface area contributed by atoms with Gasteiger partial charge in [0.1, 0.15) is 0 Å². The predicted octanol–water partition coefficient (Wildman–Crippen LogP) is 2.46. The molecule has 3 amide bonds. The van der Waals surface area contributed by atoms with Crippen LogP contribution in [-0.2, 0) is 19.6 Å². The SMILES string of the molecule is C=CCN(c1ccc(Cl)cc1)S(=O)(=O)c1cccc(C(=O)O[C@@H](C)C(=O)NC(N)=O)c1. The number of urea groups is 1. The number of nitrogens with one attached hydrogen (secondary N) is 1. The molecule has 0 saturated carbocycles. The van der Waals surface area contributed by atoms with E-state index in [1.807, 2.05) is 0 Å². The monoisotopic (exact) mass is 465 g/mol. The van der Waals surface area contributed by atoms with Gasteiger partial charge in [-0.2, -0.15) is 0 Å². The quantitative estimate of drug-likeness (QED) is 0.454. The maximum Gasteiger partial charge on any atom is 0.338 e. The summed E-state index contributed by atoms with van der Waals surface area (Å²) in [5.74, 6) is -1.87. The third-order valence-electron chi connectivity index (χ3n) is 3.97. The van der Waals surface area contributed by atoms with Gasteiger partial charge in [0.15, 0.2) is 6.10 Å². The minimum Gasteiger partial charge on any atom is -0.449 e. The Morgan fingerprint density at radius 2 is 1.87 bits per heavy atom. The van der Waals surface area contributed by atoms with Crippen molar-refractivity contribution in [2.75, 3.05) is 10.8 Å². The average molecular weight is 466 g/mol. The molecular formula is C20H20ClN3O6S. The highest BCUT2D eigenvalue weighted by Crippen LogP contribution is 2.26. The highest BCUT2D eigenvalue weighted by Gasteiger charge is 2.26. The van der Waals surface area contributed by atoms with Crippen molar-refractivity contribution in [2.24, 2.45) is 5.73 Å². The molecule has 0 heterocycles. The number of hydrogen-bond acceptors (Lipinski definition) is 6. The third-order valence-corrected chi connectivity index (χ3v) is 6.01. The Hall–Kier alpha value is -3.37. The van der Waals surface area contributed by atoms with Crippen molar-refractivity contribution in [3.05, 3.63) is 71.8 Å². The number of amides is 3. The second kappa shape index (κ2) is 10.1. The minimum atomic E-state index is -4.08. The van der Waals surface area contributed by atoms with Crippen LogP contribution >= 0.6 is 11.6 Å². The van der Waals surface area contributed by atoms with Crippen LogP contribution in [0.4, 0.5) is 10.5 Å². The summed E-state index contributed by atoms with van der Waals surface area (Å²) in [4.78, 5) is 34.6. The molecule has 0 unspecified atom stereocenters. The van der Waals surface area contributed by atoms with Crippen LogP contribution in [0.2, 0.25) is 5.02 Å². The lowest BCUT2D eigenvalue weighted by Crippen LogP contribution is -2.42. The van der Waals surface area contributed by atoms with Crippen molar-refractivity contribution in [1.82, 2.24) is 5.32 Å². The Bertz CT molecular complexity index is 1100. The first-order valence-electron chi connectivity index (χ1n) is 8.86. The van der Waals surface area contributed by atoms with Gasteiger partial charge in [-0.1, -0.05) is 23.7 Å². The molecule has 0 aliphatic carbocycles. The number of nitrogens with two attached hydrogens (primary N) is 1. The summed E-state index contributed by atoms with van der Waals surface area (Å²) in [5.41, 5.74) is 5.11. The molecule has 11 heteroatoms. The van der Waals surface area contributed by atoms with E-state index in [1.165, 1.54) is 31.2 Å². The number of nitrogens with zero attached hydrogens (tertiary/aromatic N) is 1. The molecule has 164 valence electrons. The van der Waals surface area contributed by atoms with Crippen LogP contribution < -0.4 is 15.4 Å². The van der Waals surface area contributed by atoms with Crippen molar-refractivity contribution < 1.29 is 27.5 Å². The van der Waals surface area contributed by atoms with E-state index < -0.39 is 34.0 Å². The second-order valence-corrected chi connectivity index (χ2v) is 8.53. The van der Waals surface area contributed by atoms with Gasteiger partial charge < -0.3 is 10.5 Å². The third kappa shape index (κ3) is 6.06. The van der Waals surface area contributed by atoms with Crippen molar-refractivity contribution in [1.29, 1.82) is 0 Å². The van der Waals surface area contributed by atoms with E-state index in [-0.39, 0.29) is 17.0 Å². The van der Waals surface area contributed by atoms with Gasteiger partial charge in [0, 0.05) is 5.02 Å². The Balaban J connectivity index is 2.32. The molecule has 0 saturated heterocycles. The standard InChI is InChI=1S/C20H20ClN3O6S/c1-3-11-24(16-9-7-15(21)8-10-16)31(28,29)17-6-4-5-14(12-17)19(26)30-13(2)18(25)23-20(22)27/h3-10,12-13H,1,11H2,2H3,(H3,22,23,25,27)/t13-/m0/s1. The number of anilines is 1.